The quantitative estimate of drug-likeness (QED) is 0.810. The molecule has 0 aromatic heterocycles. The largest absolute Gasteiger partial charge is 0.468 e. The van der Waals surface area contributed by atoms with E-state index in [1.165, 1.54) is 13.5 Å². The smallest absolute Gasteiger partial charge is 0.315 e. The number of benzene rings is 1. The molecule has 4 rings (SSSR count). The number of aliphatic hydroxyl groups is 1. The molecule has 1 N–H and O–H groups in total. The van der Waals surface area contributed by atoms with Gasteiger partial charge < -0.3 is 14.7 Å². The Hall–Kier alpha value is -1.55. The molecule has 2 aliphatic heterocycles. The van der Waals surface area contributed by atoms with Crippen molar-refractivity contribution >= 4 is 11.7 Å². The lowest BCUT2D eigenvalue weighted by Crippen LogP contribution is -2.58. The molecule has 0 radical (unpaired) electrons. The van der Waals surface area contributed by atoms with Gasteiger partial charge in [0.1, 0.15) is 5.92 Å². The Bertz CT molecular complexity index is 616. The van der Waals surface area contributed by atoms with E-state index >= 15 is 0 Å². The number of hydrogen-bond donors (Lipinski definition) is 1. The highest BCUT2D eigenvalue weighted by Crippen LogP contribution is 2.53. The standard InChI is InChI=1S/C19H25NO3/c1-23-18(21)16-14-9-2-3-10-15(14)20-12-6-8-13-7-4-5-11-19(13,22)17(16)20/h2-3,9-10,13,16-17,22H,4-8,11-12H2,1H3/t13-,16-,17-,19+/m1/s1. The fourth-order valence-corrected chi connectivity index (χ4v) is 5.26. The van der Waals surface area contributed by atoms with E-state index in [-0.39, 0.29) is 17.9 Å². The molecule has 4 nitrogen and oxygen atoms in total. The zero-order valence-corrected chi connectivity index (χ0v) is 13.7. The zero-order chi connectivity index (χ0) is 16.0. The van der Waals surface area contributed by atoms with E-state index in [0.717, 1.165) is 49.9 Å². The highest BCUT2D eigenvalue weighted by molar-refractivity contribution is 5.86. The highest BCUT2D eigenvalue weighted by atomic mass is 16.5. The van der Waals surface area contributed by atoms with Gasteiger partial charge in [0, 0.05) is 12.2 Å². The van der Waals surface area contributed by atoms with Crippen LogP contribution in [0.2, 0.25) is 0 Å². The zero-order valence-electron chi connectivity index (χ0n) is 13.7. The minimum atomic E-state index is -0.785. The van der Waals surface area contributed by atoms with Crippen molar-refractivity contribution in [2.24, 2.45) is 5.92 Å². The second kappa shape index (κ2) is 5.52. The third-order valence-electron chi connectivity index (χ3n) is 6.24. The average Bonchev–Trinajstić information content (AvgIpc) is 2.83. The van der Waals surface area contributed by atoms with Crippen molar-refractivity contribution in [3.8, 4) is 0 Å². The monoisotopic (exact) mass is 315 g/mol. The Morgan fingerprint density at radius 3 is 2.87 bits per heavy atom. The molecule has 2 fully saturated rings. The molecule has 4 atom stereocenters. The van der Waals surface area contributed by atoms with Crippen molar-refractivity contribution < 1.29 is 14.6 Å². The number of ether oxygens (including phenoxy) is 1. The van der Waals surface area contributed by atoms with Crippen LogP contribution in [0.15, 0.2) is 24.3 Å². The maximum Gasteiger partial charge on any atom is 0.315 e. The molecule has 1 saturated heterocycles. The summed E-state index contributed by atoms with van der Waals surface area (Å²) in [5.74, 6) is -0.294. The lowest BCUT2D eigenvalue weighted by Gasteiger charge is -2.46. The van der Waals surface area contributed by atoms with Gasteiger partial charge in [0.15, 0.2) is 0 Å². The predicted octanol–water partition coefficient (Wildman–Crippen LogP) is 2.85. The molecule has 23 heavy (non-hydrogen) atoms. The lowest BCUT2D eigenvalue weighted by molar-refractivity contribution is -0.147. The number of methoxy groups -OCH3 is 1. The maximum atomic E-state index is 12.6. The Morgan fingerprint density at radius 1 is 1.26 bits per heavy atom. The lowest BCUT2D eigenvalue weighted by atomic mass is 9.67. The molecule has 0 amide bonds. The van der Waals surface area contributed by atoms with Crippen LogP contribution in [0.3, 0.4) is 0 Å². The number of hydrogen-bond acceptors (Lipinski definition) is 4. The molecule has 1 aromatic rings. The Balaban J connectivity index is 1.85. The topological polar surface area (TPSA) is 49.8 Å². The minimum Gasteiger partial charge on any atom is -0.468 e. The van der Waals surface area contributed by atoms with Gasteiger partial charge in [-0.3, -0.25) is 4.79 Å². The third kappa shape index (κ3) is 2.11. The number of para-hydroxylation sites is 1. The number of anilines is 1. The maximum absolute atomic E-state index is 12.6. The summed E-state index contributed by atoms with van der Waals surface area (Å²) in [6, 6.07) is 7.91. The van der Waals surface area contributed by atoms with E-state index in [9.17, 15) is 9.90 Å². The fraction of sp³-hybridized carbons (Fsp3) is 0.632. The normalized spacial score (nSPS) is 35.7. The first-order valence-electron chi connectivity index (χ1n) is 8.82. The molecule has 0 bridgehead atoms. The van der Waals surface area contributed by atoms with E-state index in [1.54, 1.807) is 0 Å². The van der Waals surface area contributed by atoms with Crippen LogP contribution in [0.4, 0.5) is 5.69 Å². The van der Waals surface area contributed by atoms with Crippen molar-refractivity contribution in [3.63, 3.8) is 0 Å². The molecule has 124 valence electrons. The SMILES string of the molecule is COC(=O)[C@@H]1c2ccccc2N2CCC[C@H]3CCCC[C@@]3(O)[C@@H]12. The third-order valence-corrected chi connectivity index (χ3v) is 6.24. The molecule has 0 unspecified atom stereocenters. The van der Waals surface area contributed by atoms with Crippen LogP contribution in [0.1, 0.15) is 50.0 Å². The number of esters is 1. The second-order valence-electron chi connectivity index (χ2n) is 7.27. The summed E-state index contributed by atoms with van der Waals surface area (Å²) < 4.78 is 5.13. The molecule has 0 spiro atoms. The highest BCUT2D eigenvalue weighted by Gasteiger charge is 2.57. The molecule has 4 heteroatoms. The van der Waals surface area contributed by atoms with Crippen LogP contribution >= 0.6 is 0 Å². The van der Waals surface area contributed by atoms with E-state index in [2.05, 4.69) is 11.0 Å². The van der Waals surface area contributed by atoms with Crippen molar-refractivity contribution in [1.82, 2.24) is 0 Å². The van der Waals surface area contributed by atoms with Crippen molar-refractivity contribution in [3.05, 3.63) is 29.8 Å². The summed E-state index contributed by atoms with van der Waals surface area (Å²) in [4.78, 5) is 14.9. The summed E-state index contributed by atoms with van der Waals surface area (Å²) in [5, 5.41) is 11.7. The Morgan fingerprint density at radius 2 is 2.04 bits per heavy atom. The van der Waals surface area contributed by atoms with Crippen LogP contribution in [-0.4, -0.2) is 36.4 Å². The summed E-state index contributed by atoms with van der Waals surface area (Å²) >= 11 is 0. The van der Waals surface area contributed by atoms with E-state index in [4.69, 9.17) is 4.74 Å². The first-order chi connectivity index (χ1) is 11.2. The van der Waals surface area contributed by atoms with Gasteiger partial charge in [0.05, 0.1) is 18.8 Å². The number of carbonyl (C=O) groups excluding carboxylic acids is 1. The van der Waals surface area contributed by atoms with Crippen LogP contribution in [-0.2, 0) is 9.53 Å². The first-order valence-corrected chi connectivity index (χ1v) is 8.82. The summed E-state index contributed by atoms with van der Waals surface area (Å²) in [7, 11) is 1.45. The fourth-order valence-electron chi connectivity index (χ4n) is 5.26. The Labute approximate surface area is 137 Å². The van der Waals surface area contributed by atoms with Gasteiger partial charge >= 0.3 is 5.97 Å². The number of nitrogens with zero attached hydrogens (tertiary/aromatic N) is 1. The molecule has 1 saturated carbocycles. The summed E-state index contributed by atoms with van der Waals surface area (Å²) in [6.45, 7) is 0.911. The molecular weight excluding hydrogens is 290 g/mol. The van der Waals surface area contributed by atoms with E-state index in [0.29, 0.717) is 5.92 Å². The second-order valence-corrected chi connectivity index (χ2v) is 7.27. The molecular formula is C19H25NO3. The molecule has 2 heterocycles. The van der Waals surface area contributed by atoms with Gasteiger partial charge in [0.2, 0.25) is 0 Å². The van der Waals surface area contributed by atoms with Crippen molar-refractivity contribution in [2.75, 3.05) is 18.6 Å². The number of carbonyl (C=O) groups is 1. The van der Waals surface area contributed by atoms with Crippen LogP contribution < -0.4 is 4.90 Å². The Kier molecular flexibility index (Phi) is 3.60. The molecule has 1 aliphatic carbocycles. The van der Waals surface area contributed by atoms with Crippen LogP contribution in [0.5, 0.6) is 0 Å². The van der Waals surface area contributed by atoms with Gasteiger partial charge in [-0.2, -0.15) is 0 Å². The van der Waals surface area contributed by atoms with Gasteiger partial charge in [-0.1, -0.05) is 31.0 Å². The number of fused-ring (bicyclic) bond motifs is 5. The molecule has 1 aromatic carbocycles. The van der Waals surface area contributed by atoms with E-state index < -0.39 is 5.60 Å². The average molecular weight is 315 g/mol. The van der Waals surface area contributed by atoms with Gasteiger partial charge in [-0.05, 0) is 43.2 Å². The van der Waals surface area contributed by atoms with Gasteiger partial charge in [-0.25, -0.2) is 0 Å². The van der Waals surface area contributed by atoms with Crippen molar-refractivity contribution in [1.29, 1.82) is 0 Å². The summed E-state index contributed by atoms with van der Waals surface area (Å²) in [5.41, 5.74) is 1.34. The first kappa shape index (κ1) is 15.0. The van der Waals surface area contributed by atoms with Crippen LogP contribution in [0.25, 0.3) is 0 Å². The van der Waals surface area contributed by atoms with Gasteiger partial charge in [0.25, 0.3) is 0 Å². The minimum absolute atomic E-state index is 0.180. The van der Waals surface area contributed by atoms with Gasteiger partial charge in [-0.15, -0.1) is 0 Å². The van der Waals surface area contributed by atoms with Crippen LogP contribution in [0, 0.1) is 5.92 Å². The van der Waals surface area contributed by atoms with Crippen molar-refractivity contribution in [2.45, 2.75) is 56.1 Å². The summed E-state index contributed by atoms with van der Waals surface area (Å²) in [6.07, 6.45) is 6.23. The van der Waals surface area contributed by atoms with E-state index in [1.807, 2.05) is 18.2 Å². The molecule has 3 aliphatic rings. The number of rotatable bonds is 1. The predicted molar refractivity (Wildman–Crippen MR) is 88.5 cm³/mol.